The van der Waals surface area contributed by atoms with Crippen molar-refractivity contribution >= 4 is 11.9 Å². The van der Waals surface area contributed by atoms with Crippen molar-refractivity contribution < 1.29 is 52.6 Å². The quantitative estimate of drug-likeness (QED) is 0.0144. The van der Waals surface area contributed by atoms with Crippen LogP contribution in [0.5, 0.6) is 28.7 Å². The second kappa shape index (κ2) is 57.4. The maximum Gasteiger partial charge on any atom is 0.330 e. The van der Waals surface area contributed by atoms with E-state index in [1.807, 2.05) is 78.9 Å². The summed E-state index contributed by atoms with van der Waals surface area (Å²) >= 11 is 0. The van der Waals surface area contributed by atoms with Gasteiger partial charge in [-0.2, -0.15) is 0 Å². The van der Waals surface area contributed by atoms with Crippen LogP contribution in [0.4, 0.5) is 0 Å². The number of carbonyl (C=O) groups excluding carboxylic acids is 2. The zero-order valence-corrected chi connectivity index (χ0v) is 70.1. The van der Waals surface area contributed by atoms with E-state index in [4.69, 9.17) is 37.9 Å². The number of rotatable bonds is 68. The summed E-state index contributed by atoms with van der Waals surface area (Å²) in [7, 11) is 3.19. The van der Waals surface area contributed by atoms with E-state index >= 15 is 0 Å². The number of aromatic amines is 1. The first-order valence-electron chi connectivity index (χ1n) is 44.6. The lowest BCUT2D eigenvalue weighted by atomic mass is 9.80. The topological polar surface area (TPSA) is 195 Å². The summed E-state index contributed by atoms with van der Waals surface area (Å²) in [4.78, 5) is 57.5. The van der Waals surface area contributed by atoms with Crippen molar-refractivity contribution in [1.29, 1.82) is 0 Å². The minimum atomic E-state index is -2.39. The lowest BCUT2D eigenvalue weighted by molar-refractivity contribution is -0.237. The molecule has 0 spiro atoms. The van der Waals surface area contributed by atoms with Gasteiger partial charge in [-0.3, -0.25) is 23.9 Å². The van der Waals surface area contributed by atoms with E-state index in [1.54, 1.807) is 33.3 Å². The molecule has 1 aliphatic heterocycles. The molecule has 0 aliphatic carbocycles. The number of aliphatic hydroxyl groups is 1. The van der Waals surface area contributed by atoms with Crippen LogP contribution >= 0.6 is 0 Å². The molecule has 4 aromatic carbocycles. The molecule has 5 aromatic rings. The number of amides is 1. The number of nitrogens with zero attached hydrogens (tertiary/aromatic N) is 1. The number of esters is 1. The molecule has 1 aliphatic rings. The summed E-state index contributed by atoms with van der Waals surface area (Å²) < 4.78 is 52.2. The Bertz CT molecular complexity index is 3230. The molecule has 3 atom stereocenters. The molecule has 0 bridgehead atoms. The van der Waals surface area contributed by atoms with Gasteiger partial charge in [0.1, 0.15) is 29.4 Å². The minimum absolute atomic E-state index is 0.161. The molecule has 0 saturated carbocycles. The number of hydrogen-bond acceptors (Lipinski definition) is 13. The Morgan fingerprint density at radius 1 is 0.495 bits per heavy atom. The number of nitrogens with one attached hydrogen (secondary N) is 2. The standard InChI is InChI=1S/C95H149N3O13/c1-7-10-13-16-19-22-25-28-31-34-37-40-43-46-49-55-70-106-85-73-79(74-86(107-71-56-50-47-44-41-38-35-32-29-26-23-20-17-14-11-8-2)90(85)108-72-57-51-48-45-42-39-36-33-30-27-24-21-18-15-12-9-3)92(101)96-69-68-89(99)111-94(103)75-88(98-76-78(4)91(100)97-93(98)102)110-87(94)77-109-95(80-58-53-52-54-59-80,81-60-64-83(104-5)65-61-81)82-62-66-84(105-6)67-63-82/h52-54,58-67,73-74,76,87-88,103H,7-51,55-57,68-72,75,77H2,1-6H3,(H,96,101)(H,97,100,102)/t87-,88-,94-/m1/s1. The van der Waals surface area contributed by atoms with Crippen LogP contribution in [0.25, 0.3) is 0 Å². The van der Waals surface area contributed by atoms with Crippen LogP contribution in [-0.2, 0) is 24.6 Å². The van der Waals surface area contributed by atoms with Gasteiger partial charge >= 0.3 is 11.7 Å². The third-order valence-corrected chi connectivity index (χ3v) is 22.3. The number of aryl methyl sites for hydroxylation is 1. The van der Waals surface area contributed by atoms with Gasteiger partial charge in [0.05, 0.1) is 53.5 Å². The molecule has 16 heteroatoms. The van der Waals surface area contributed by atoms with Crippen LogP contribution in [0.2, 0.25) is 0 Å². The van der Waals surface area contributed by atoms with E-state index < -0.39 is 53.3 Å². The summed E-state index contributed by atoms with van der Waals surface area (Å²) in [6.07, 6.45) is 59.2. The molecular formula is C95H149N3O13. The van der Waals surface area contributed by atoms with E-state index in [9.17, 15) is 24.3 Å². The van der Waals surface area contributed by atoms with E-state index in [-0.39, 0.29) is 25.1 Å². The Balaban J connectivity index is 1.15. The van der Waals surface area contributed by atoms with Crippen molar-refractivity contribution in [1.82, 2.24) is 14.9 Å². The fraction of sp³-hybridized carbons (Fsp3) is 0.684. The van der Waals surface area contributed by atoms with Crippen molar-refractivity contribution in [2.75, 3.05) is 47.2 Å². The maximum absolute atomic E-state index is 14.6. The number of unbranched alkanes of at least 4 members (excludes halogenated alkanes) is 45. The van der Waals surface area contributed by atoms with Crippen LogP contribution in [0.15, 0.2) is 107 Å². The van der Waals surface area contributed by atoms with Gasteiger partial charge < -0.3 is 48.3 Å². The SMILES string of the molecule is CCCCCCCCCCCCCCCCCCOc1cc(C(=O)NCCC(=O)O[C@]2(O)C[C@H](n3cc(C)c(=O)[nH]c3=O)O[C@@H]2COC(c2ccccc2)(c2ccc(OC)cc2)c2ccc(OC)cc2)cc(OCCCCCCCCCCCCCCCCCC)c1OCCCCCCCCCCCCCCCCCC. The van der Waals surface area contributed by atoms with E-state index in [1.165, 1.54) is 261 Å². The second-order valence-electron chi connectivity index (χ2n) is 31.7. The second-order valence-corrected chi connectivity index (χ2v) is 31.7. The van der Waals surface area contributed by atoms with Crippen molar-refractivity contribution in [3.8, 4) is 28.7 Å². The summed E-state index contributed by atoms with van der Waals surface area (Å²) in [5, 5.41) is 15.8. The number of hydrogen-bond donors (Lipinski definition) is 3. The Morgan fingerprint density at radius 3 is 1.22 bits per heavy atom. The third-order valence-electron chi connectivity index (χ3n) is 22.3. The van der Waals surface area contributed by atoms with Crippen LogP contribution < -0.4 is 40.3 Å². The zero-order valence-electron chi connectivity index (χ0n) is 70.1. The molecule has 0 unspecified atom stereocenters. The lowest BCUT2D eigenvalue weighted by Gasteiger charge is -2.38. The molecule has 0 radical (unpaired) electrons. The van der Waals surface area contributed by atoms with Gasteiger partial charge in [-0.1, -0.05) is 364 Å². The van der Waals surface area contributed by atoms with Gasteiger partial charge in [0.25, 0.3) is 11.5 Å². The van der Waals surface area contributed by atoms with Gasteiger partial charge in [-0.15, -0.1) is 0 Å². The molecular weight excluding hydrogens is 1390 g/mol. The number of H-pyrrole nitrogens is 1. The minimum Gasteiger partial charge on any atom is -0.497 e. The van der Waals surface area contributed by atoms with Crippen LogP contribution in [0.3, 0.4) is 0 Å². The van der Waals surface area contributed by atoms with Crippen LogP contribution in [0.1, 0.15) is 381 Å². The number of ether oxygens (including phenoxy) is 8. The highest BCUT2D eigenvalue weighted by Crippen LogP contribution is 2.45. The largest absolute Gasteiger partial charge is 0.497 e. The Kier molecular flexibility index (Phi) is 48.2. The Labute approximate surface area is 670 Å². The van der Waals surface area contributed by atoms with Gasteiger partial charge in [-0.05, 0) is 79.3 Å². The zero-order chi connectivity index (χ0) is 79.1. The fourth-order valence-corrected chi connectivity index (χ4v) is 15.4. The van der Waals surface area contributed by atoms with Crippen molar-refractivity contribution in [3.05, 3.63) is 146 Å². The van der Waals surface area contributed by atoms with Gasteiger partial charge in [0.2, 0.25) is 11.5 Å². The molecule has 111 heavy (non-hydrogen) atoms. The monoisotopic (exact) mass is 1540 g/mol. The summed E-state index contributed by atoms with van der Waals surface area (Å²) in [6.45, 7) is 9.25. The molecule has 2 heterocycles. The summed E-state index contributed by atoms with van der Waals surface area (Å²) in [5.74, 6) is -1.01. The molecule has 3 N–H and O–H groups in total. The molecule has 1 aromatic heterocycles. The molecule has 1 fully saturated rings. The third kappa shape index (κ3) is 35.8. The molecule has 1 amide bonds. The number of carbonyl (C=O) groups is 2. The van der Waals surface area contributed by atoms with E-state index in [2.05, 4.69) is 31.1 Å². The average molecular weight is 1540 g/mol. The smallest absolute Gasteiger partial charge is 0.330 e. The highest BCUT2D eigenvalue weighted by molar-refractivity contribution is 5.95. The summed E-state index contributed by atoms with van der Waals surface area (Å²) in [5.41, 5.74) is -0.0594. The molecule has 6 rings (SSSR count). The number of methoxy groups -OCH3 is 2. The number of aromatic nitrogens is 2. The average Bonchev–Trinajstić information content (AvgIpc) is 1.70. The van der Waals surface area contributed by atoms with Crippen molar-refractivity contribution in [3.63, 3.8) is 0 Å². The first-order valence-corrected chi connectivity index (χ1v) is 44.6. The Hall–Kier alpha value is -6.62. The normalized spacial score (nSPS) is 14.9. The molecule has 1 saturated heterocycles. The van der Waals surface area contributed by atoms with Crippen LogP contribution in [-0.4, -0.2) is 85.6 Å². The lowest BCUT2D eigenvalue weighted by Crippen LogP contribution is -2.47. The fourth-order valence-electron chi connectivity index (χ4n) is 15.4. The molecule has 622 valence electrons. The van der Waals surface area contributed by atoms with Crippen molar-refractivity contribution in [2.24, 2.45) is 0 Å². The highest BCUT2D eigenvalue weighted by Gasteiger charge is 2.53. The van der Waals surface area contributed by atoms with Crippen molar-refractivity contribution in [2.45, 2.75) is 372 Å². The van der Waals surface area contributed by atoms with Gasteiger partial charge in [-0.25, -0.2) is 4.79 Å². The first kappa shape index (κ1) is 93.2. The maximum atomic E-state index is 14.6. The predicted molar refractivity (Wildman–Crippen MR) is 452 cm³/mol. The van der Waals surface area contributed by atoms with Gasteiger partial charge in [0, 0.05) is 23.9 Å². The van der Waals surface area contributed by atoms with E-state index in [0.717, 1.165) is 63.4 Å². The molecule has 16 nitrogen and oxygen atoms in total. The summed E-state index contributed by atoms with van der Waals surface area (Å²) in [6, 6.07) is 28.0. The van der Waals surface area contributed by atoms with Crippen LogP contribution in [0, 0.1) is 6.92 Å². The predicted octanol–water partition coefficient (Wildman–Crippen LogP) is 24.1. The first-order chi connectivity index (χ1) is 54.4. The Morgan fingerprint density at radius 2 is 0.847 bits per heavy atom. The number of benzene rings is 4. The van der Waals surface area contributed by atoms with Gasteiger partial charge in [0.15, 0.2) is 11.5 Å². The van der Waals surface area contributed by atoms with E-state index in [0.29, 0.717) is 65.3 Å². The highest BCUT2D eigenvalue weighted by atomic mass is 16.7.